The Kier molecular flexibility index (Phi) is 7.07. The number of nitrogens with zero attached hydrogens (tertiary/aromatic N) is 1. The summed E-state index contributed by atoms with van der Waals surface area (Å²) in [5.74, 6) is 0.0691. The minimum Gasteiger partial charge on any atom is -0.265 e. The van der Waals surface area contributed by atoms with E-state index in [1.807, 2.05) is 6.08 Å². The number of hydrogen-bond acceptors (Lipinski definition) is 2. The van der Waals surface area contributed by atoms with Gasteiger partial charge in [0.2, 0.25) is 6.54 Å². The van der Waals surface area contributed by atoms with Crippen molar-refractivity contribution in [1.82, 2.24) is 0 Å². The van der Waals surface area contributed by atoms with Gasteiger partial charge in [0.25, 0.3) is 0 Å². The monoisotopic (exact) mass is 267 g/mol. The van der Waals surface area contributed by atoms with Gasteiger partial charge in [0.05, 0.1) is 0 Å². The highest BCUT2D eigenvalue weighted by Gasteiger charge is 2.45. The van der Waals surface area contributed by atoms with Crippen LogP contribution in [-0.4, -0.2) is 11.5 Å². The van der Waals surface area contributed by atoms with E-state index in [2.05, 4.69) is 46.9 Å². The fraction of sp³-hybridized carbons (Fsp3) is 0.812. The molecule has 19 heavy (non-hydrogen) atoms. The molecule has 3 nitrogen and oxygen atoms in total. The SMILES string of the molecule is C=C=CC[C@@](C)(CC)C(C[N+](=O)[O-])C(C)(CC)CC. The molecule has 0 rings (SSSR count). The third kappa shape index (κ3) is 4.50. The lowest BCUT2D eigenvalue weighted by Crippen LogP contribution is -2.43. The maximum atomic E-state index is 11.1. The largest absolute Gasteiger partial charge is 0.265 e. The molecule has 0 aliphatic heterocycles. The standard InChI is InChI=1S/C16H29NO2/c1-7-11-12-16(6,10-4)14(13-17(18)19)15(5,8-2)9-3/h11,14H,1,8-10,12-13H2,2-6H3/t14?,16-/m1/s1. The Bertz CT molecular complexity index is 341. The molecule has 0 amide bonds. The summed E-state index contributed by atoms with van der Waals surface area (Å²) in [6.45, 7) is 14.4. The molecule has 0 aliphatic rings. The van der Waals surface area contributed by atoms with E-state index in [9.17, 15) is 10.1 Å². The lowest BCUT2D eigenvalue weighted by atomic mass is 9.59. The summed E-state index contributed by atoms with van der Waals surface area (Å²) in [5.41, 5.74) is 2.74. The molecule has 0 bridgehead atoms. The van der Waals surface area contributed by atoms with Gasteiger partial charge in [-0.05, 0) is 29.7 Å². The first-order valence-corrected chi connectivity index (χ1v) is 7.25. The zero-order valence-corrected chi connectivity index (χ0v) is 13.2. The van der Waals surface area contributed by atoms with E-state index in [1.165, 1.54) is 0 Å². The van der Waals surface area contributed by atoms with E-state index in [0.717, 1.165) is 25.7 Å². The highest BCUT2D eigenvalue weighted by molar-refractivity contribution is 4.96. The second-order valence-electron chi connectivity index (χ2n) is 6.05. The van der Waals surface area contributed by atoms with E-state index >= 15 is 0 Å². The molecule has 0 saturated carbocycles. The third-order valence-electron chi connectivity index (χ3n) is 5.15. The van der Waals surface area contributed by atoms with Crippen LogP contribution >= 0.6 is 0 Å². The van der Waals surface area contributed by atoms with Crippen LogP contribution in [-0.2, 0) is 0 Å². The molecule has 0 fully saturated rings. The molecule has 1 unspecified atom stereocenters. The molecule has 0 saturated heterocycles. The maximum absolute atomic E-state index is 11.1. The molecule has 3 heteroatoms. The van der Waals surface area contributed by atoms with Crippen LogP contribution in [0.15, 0.2) is 18.4 Å². The third-order valence-corrected chi connectivity index (χ3v) is 5.15. The maximum Gasteiger partial charge on any atom is 0.207 e. The molecule has 2 atom stereocenters. The quantitative estimate of drug-likeness (QED) is 0.340. The van der Waals surface area contributed by atoms with Gasteiger partial charge in [-0.25, -0.2) is 0 Å². The lowest BCUT2D eigenvalue weighted by molar-refractivity contribution is -0.496. The average Bonchev–Trinajstić information content (AvgIpc) is 2.41. The molecule has 0 aliphatic carbocycles. The van der Waals surface area contributed by atoms with Crippen molar-refractivity contribution >= 4 is 0 Å². The molecule has 0 spiro atoms. The summed E-state index contributed by atoms with van der Waals surface area (Å²) in [5, 5.41) is 11.1. The van der Waals surface area contributed by atoms with Crippen molar-refractivity contribution in [1.29, 1.82) is 0 Å². The molecule has 0 radical (unpaired) electrons. The van der Waals surface area contributed by atoms with Gasteiger partial charge in [-0.15, -0.1) is 5.73 Å². The number of hydrogen-bond donors (Lipinski definition) is 0. The van der Waals surface area contributed by atoms with Gasteiger partial charge in [-0.2, -0.15) is 0 Å². The van der Waals surface area contributed by atoms with Crippen molar-refractivity contribution in [2.75, 3.05) is 6.54 Å². The van der Waals surface area contributed by atoms with E-state index in [-0.39, 0.29) is 28.2 Å². The molecule has 0 aromatic rings. The van der Waals surface area contributed by atoms with E-state index in [1.54, 1.807) is 0 Å². The predicted molar refractivity (Wildman–Crippen MR) is 80.8 cm³/mol. The number of rotatable bonds is 9. The fourth-order valence-electron chi connectivity index (χ4n) is 3.01. The Morgan fingerprint density at radius 2 is 1.68 bits per heavy atom. The van der Waals surface area contributed by atoms with Gasteiger partial charge in [-0.1, -0.05) is 54.0 Å². The topological polar surface area (TPSA) is 43.1 Å². The van der Waals surface area contributed by atoms with Crippen molar-refractivity contribution in [3.8, 4) is 0 Å². The van der Waals surface area contributed by atoms with Crippen LogP contribution in [0.4, 0.5) is 0 Å². The first-order chi connectivity index (χ1) is 8.79. The molecule has 0 heterocycles. The van der Waals surface area contributed by atoms with Gasteiger partial charge in [0.1, 0.15) is 0 Å². The predicted octanol–water partition coefficient (Wildman–Crippen LogP) is 4.85. The van der Waals surface area contributed by atoms with Crippen LogP contribution in [0.2, 0.25) is 0 Å². The molecular weight excluding hydrogens is 238 g/mol. The van der Waals surface area contributed by atoms with Crippen LogP contribution in [0, 0.1) is 26.9 Å². The van der Waals surface area contributed by atoms with Gasteiger partial charge in [0.15, 0.2) is 0 Å². The van der Waals surface area contributed by atoms with Gasteiger partial charge in [0, 0.05) is 10.8 Å². The van der Waals surface area contributed by atoms with E-state index in [0.29, 0.717) is 0 Å². The normalized spacial score (nSPS) is 16.3. The highest BCUT2D eigenvalue weighted by atomic mass is 16.6. The summed E-state index contributed by atoms with van der Waals surface area (Å²) in [6.07, 6.45) is 5.59. The fourth-order valence-corrected chi connectivity index (χ4v) is 3.01. The lowest BCUT2D eigenvalue weighted by Gasteiger charge is -2.45. The summed E-state index contributed by atoms with van der Waals surface area (Å²) >= 11 is 0. The first kappa shape index (κ1) is 17.9. The molecular formula is C16H29NO2. The smallest absolute Gasteiger partial charge is 0.207 e. The summed E-state index contributed by atoms with van der Waals surface area (Å²) in [7, 11) is 0. The van der Waals surface area contributed by atoms with Crippen molar-refractivity contribution < 1.29 is 4.92 Å². The van der Waals surface area contributed by atoms with Crippen LogP contribution < -0.4 is 0 Å². The van der Waals surface area contributed by atoms with Gasteiger partial charge < -0.3 is 0 Å². The summed E-state index contributed by atoms with van der Waals surface area (Å²) < 4.78 is 0. The Morgan fingerprint density at radius 3 is 2.00 bits per heavy atom. The molecule has 110 valence electrons. The zero-order chi connectivity index (χ0) is 15.1. The number of allylic oxidation sites excluding steroid dienone is 1. The first-order valence-electron chi connectivity index (χ1n) is 7.25. The van der Waals surface area contributed by atoms with Gasteiger partial charge >= 0.3 is 0 Å². The number of nitro groups is 1. The Hall–Kier alpha value is -1.08. The zero-order valence-electron chi connectivity index (χ0n) is 13.2. The Morgan fingerprint density at radius 1 is 1.21 bits per heavy atom. The Balaban J connectivity index is 5.53. The second kappa shape index (κ2) is 7.49. The van der Waals surface area contributed by atoms with E-state index < -0.39 is 0 Å². The second-order valence-corrected chi connectivity index (χ2v) is 6.05. The molecule has 0 N–H and O–H groups in total. The minimum absolute atomic E-state index is 0.00679. The summed E-state index contributed by atoms with van der Waals surface area (Å²) in [4.78, 5) is 10.9. The average molecular weight is 267 g/mol. The van der Waals surface area contributed by atoms with Crippen LogP contribution in [0.1, 0.15) is 60.3 Å². The molecule has 0 aromatic carbocycles. The Labute approximate surface area is 117 Å². The molecule has 0 aromatic heterocycles. The van der Waals surface area contributed by atoms with Gasteiger partial charge in [-0.3, -0.25) is 10.1 Å². The summed E-state index contributed by atoms with van der Waals surface area (Å²) in [6, 6.07) is 0. The van der Waals surface area contributed by atoms with Crippen molar-refractivity contribution in [3.05, 3.63) is 28.5 Å². The van der Waals surface area contributed by atoms with Crippen molar-refractivity contribution in [2.24, 2.45) is 16.7 Å². The van der Waals surface area contributed by atoms with E-state index in [4.69, 9.17) is 0 Å². The van der Waals surface area contributed by atoms with Crippen LogP contribution in [0.5, 0.6) is 0 Å². The minimum atomic E-state index is -0.153. The highest BCUT2D eigenvalue weighted by Crippen LogP contribution is 2.48. The van der Waals surface area contributed by atoms with Crippen LogP contribution in [0.25, 0.3) is 0 Å². The van der Waals surface area contributed by atoms with Crippen molar-refractivity contribution in [3.63, 3.8) is 0 Å². The van der Waals surface area contributed by atoms with Crippen molar-refractivity contribution in [2.45, 2.75) is 60.3 Å². The van der Waals surface area contributed by atoms with Crippen LogP contribution in [0.3, 0.4) is 0 Å².